The minimum Gasteiger partial charge on any atom is -0.477 e. The lowest BCUT2D eigenvalue weighted by molar-refractivity contribution is 0.0687. The molecular formula is C12H13NO2. The Kier molecular flexibility index (Phi) is 2.03. The summed E-state index contributed by atoms with van der Waals surface area (Å²) in [4.78, 5) is 11.0. The molecule has 0 saturated carbocycles. The second-order valence-corrected chi connectivity index (χ2v) is 3.91. The number of aromatic nitrogens is 1. The van der Waals surface area contributed by atoms with Crippen LogP contribution < -0.4 is 0 Å². The number of benzene rings is 1. The van der Waals surface area contributed by atoms with Gasteiger partial charge in [-0.1, -0.05) is 6.07 Å². The molecule has 0 radical (unpaired) electrons. The number of nitrogens with zero attached hydrogens (tertiary/aromatic N) is 1. The SMILES string of the molecule is Cc1cc(C)c2cc(C(=O)O)n(C)c2c1. The van der Waals surface area contributed by atoms with Crippen LogP contribution in [0.2, 0.25) is 0 Å². The van der Waals surface area contributed by atoms with Crippen LogP contribution in [0, 0.1) is 13.8 Å². The van der Waals surface area contributed by atoms with Gasteiger partial charge in [0.1, 0.15) is 5.69 Å². The van der Waals surface area contributed by atoms with E-state index in [-0.39, 0.29) is 0 Å². The van der Waals surface area contributed by atoms with E-state index in [9.17, 15) is 4.79 Å². The highest BCUT2D eigenvalue weighted by Crippen LogP contribution is 2.23. The molecule has 0 aliphatic rings. The fourth-order valence-corrected chi connectivity index (χ4v) is 1.99. The van der Waals surface area contributed by atoms with E-state index in [4.69, 9.17) is 5.11 Å². The third-order valence-electron chi connectivity index (χ3n) is 2.73. The summed E-state index contributed by atoms with van der Waals surface area (Å²) >= 11 is 0. The Morgan fingerprint density at radius 3 is 2.53 bits per heavy atom. The first kappa shape index (κ1) is 9.77. The highest BCUT2D eigenvalue weighted by molar-refractivity contribution is 5.96. The largest absolute Gasteiger partial charge is 0.477 e. The van der Waals surface area contributed by atoms with E-state index in [0.29, 0.717) is 5.69 Å². The van der Waals surface area contributed by atoms with E-state index >= 15 is 0 Å². The van der Waals surface area contributed by atoms with Gasteiger partial charge in [0.05, 0.1) is 0 Å². The standard InChI is InChI=1S/C12H13NO2/c1-7-4-8(2)9-6-11(12(14)15)13(3)10(9)5-7/h4-6H,1-3H3,(H,14,15). The maximum Gasteiger partial charge on any atom is 0.352 e. The number of carbonyl (C=O) groups is 1. The van der Waals surface area contributed by atoms with E-state index in [1.54, 1.807) is 17.7 Å². The van der Waals surface area contributed by atoms with E-state index in [0.717, 1.165) is 22.0 Å². The summed E-state index contributed by atoms with van der Waals surface area (Å²) < 4.78 is 1.72. The molecule has 3 heteroatoms. The van der Waals surface area contributed by atoms with Crippen LogP contribution in [-0.4, -0.2) is 15.6 Å². The Labute approximate surface area is 87.9 Å². The zero-order valence-corrected chi connectivity index (χ0v) is 9.03. The minimum atomic E-state index is -0.884. The summed E-state index contributed by atoms with van der Waals surface area (Å²) in [6.07, 6.45) is 0. The van der Waals surface area contributed by atoms with Crippen LogP contribution in [0.3, 0.4) is 0 Å². The van der Waals surface area contributed by atoms with Crippen molar-refractivity contribution in [2.45, 2.75) is 13.8 Å². The maximum absolute atomic E-state index is 11.0. The molecule has 0 aliphatic carbocycles. The second-order valence-electron chi connectivity index (χ2n) is 3.91. The average Bonchev–Trinajstić information content (AvgIpc) is 2.44. The average molecular weight is 203 g/mol. The van der Waals surface area contributed by atoms with Gasteiger partial charge in [-0.15, -0.1) is 0 Å². The van der Waals surface area contributed by atoms with Crippen molar-refractivity contribution in [1.82, 2.24) is 4.57 Å². The first-order chi connectivity index (χ1) is 7.00. The molecule has 1 aromatic carbocycles. The van der Waals surface area contributed by atoms with Gasteiger partial charge in [-0.05, 0) is 37.1 Å². The first-order valence-corrected chi connectivity index (χ1v) is 4.80. The van der Waals surface area contributed by atoms with Gasteiger partial charge in [0.25, 0.3) is 0 Å². The Hall–Kier alpha value is -1.77. The molecule has 0 bridgehead atoms. The molecule has 2 rings (SSSR count). The third kappa shape index (κ3) is 1.40. The fraction of sp³-hybridized carbons (Fsp3) is 0.250. The number of hydrogen-bond donors (Lipinski definition) is 1. The molecule has 78 valence electrons. The van der Waals surface area contributed by atoms with Crippen molar-refractivity contribution in [2.24, 2.45) is 7.05 Å². The molecule has 0 unspecified atom stereocenters. The Morgan fingerprint density at radius 1 is 1.27 bits per heavy atom. The number of fused-ring (bicyclic) bond motifs is 1. The van der Waals surface area contributed by atoms with Gasteiger partial charge in [-0.25, -0.2) is 4.79 Å². The summed E-state index contributed by atoms with van der Waals surface area (Å²) in [6.45, 7) is 4.01. The number of carboxylic acids is 1. The van der Waals surface area contributed by atoms with Crippen LogP contribution in [0.1, 0.15) is 21.6 Å². The molecule has 3 nitrogen and oxygen atoms in total. The van der Waals surface area contributed by atoms with Gasteiger partial charge in [-0.2, -0.15) is 0 Å². The molecule has 0 fully saturated rings. The lowest BCUT2D eigenvalue weighted by atomic mass is 10.1. The highest BCUT2D eigenvalue weighted by atomic mass is 16.4. The zero-order chi connectivity index (χ0) is 11.2. The molecule has 1 aromatic heterocycles. The Bertz CT molecular complexity index is 552. The Morgan fingerprint density at radius 2 is 1.93 bits per heavy atom. The van der Waals surface area contributed by atoms with Crippen LogP contribution in [0.4, 0.5) is 0 Å². The van der Waals surface area contributed by atoms with Crippen molar-refractivity contribution in [1.29, 1.82) is 0 Å². The van der Waals surface area contributed by atoms with Gasteiger partial charge in [0.2, 0.25) is 0 Å². The Balaban J connectivity index is 2.88. The van der Waals surface area contributed by atoms with Crippen molar-refractivity contribution < 1.29 is 9.90 Å². The summed E-state index contributed by atoms with van der Waals surface area (Å²) in [5.74, 6) is -0.884. The molecule has 1 N–H and O–H groups in total. The number of aromatic carboxylic acids is 1. The molecule has 0 saturated heterocycles. The summed E-state index contributed by atoms with van der Waals surface area (Å²) in [7, 11) is 1.78. The van der Waals surface area contributed by atoms with E-state index in [1.165, 1.54) is 0 Å². The van der Waals surface area contributed by atoms with E-state index in [1.807, 2.05) is 19.9 Å². The van der Waals surface area contributed by atoms with Gasteiger partial charge in [0.15, 0.2) is 0 Å². The van der Waals surface area contributed by atoms with Crippen molar-refractivity contribution >= 4 is 16.9 Å². The third-order valence-corrected chi connectivity index (χ3v) is 2.73. The lowest BCUT2D eigenvalue weighted by Crippen LogP contribution is -2.03. The molecule has 0 atom stereocenters. The number of rotatable bonds is 1. The summed E-state index contributed by atoms with van der Waals surface area (Å²) in [6, 6.07) is 5.80. The van der Waals surface area contributed by atoms with Crippen molar-refractivity contribution in [2.75, 3.05) is 0 Å². The number of carboxylic acid groups (broad SMARTS) is 1. The first-order valence-electron chi connectivity index (χ1n) is 4.80. The van der Waals surface area contributed by atoms with Crippen LogP contribution in [-0.2, 0) is 7.05 Å². The fourth-order valence-electron chi connectivity index (χ4n) is 1.99. The van der Waals surface area contributed by atoms with Crippen LogP contribution in [0.15, 0.2) is 18.2 Å². The normalized spacial score (nSPS) is 10.9. The molecule has 15 heavy (non-hydrogen) atoms. The maximum atomic E-state index is 11.0. The van der Waals surface area contributed by atoms with Crippen LogP contribution >= 0.6 is 0 Å². The van der Waals surface area contributed by atoms with E-state index < -0.39 is 5.97 Å². The molecule has 0 amide bonds. The van der Waals surface area contributed by atoms with Gasteiger partial charge < -0.3 is 9.67 Å². The minimum absolute atomic E-state index is 0.332. The van der Waals surface area contributed by atoms with Crippen LogP contribution in [0.5, 0.6) is 0 Å². The highest BCUT2D eigenvalue weighted by Gasteiger charge is 2.13. The van der Waals surface area contributed by atoms with Gasteiger partial charge >= 0.3 is 5.97 Å². The lowest BCUT2D eigenvalue weighted by Gasteiger charge is -2.02. The van der Waals surface area contributed by atoms with E-state index in [2.05, 4.69) is 6.07 Å². The monoisotopic (exact) mass is 203 g/mol. The summed E-state index contributed by atoms with van der Waals surface area (Å²) in [5, 5.41) is 10.0. The predicted molar refractivity (Wildman–Crippen MR) is 59.4 cm³/mol. The predicted octanol–water partition coefficient (Wildman–Crippen LogP) is 2.49. The second kappa shape index (κ2) is 3.12. The van der Waals surface area contributed by atoms with Crippen molar-refractivity contribution in [3.63, 3.8) is 0 Å². The van der Waals surface area contributed by atoms with Crippen molar-refractivity contribution in [3.05, 3.63) is 35.0 Å². The number of hydrogen-bond acceptors (Lipinski definition) is 1. The van der Waals surface area contributed by atoms with Gasteiger partial charge in [0, 0.05) is 18.0 Å². The molecule has 0 aliphatic heterocycles. The quantitative estimate of drug-likeness (QED) is 0.773. The molecular weight excluding hydrogens is 190 g/mol. The molecule has 1 heterocycles. The van der Waals surface area contributed by atoms with Crippen LogP contribution in [0.25, 0.3) is 10.9 Å². The molecule has 2 aromatic rings. The number of aryl methyl sites for hydroxylation is 3. The summed E-state index contributed by atoms with van der Waals surface area (Å²) in [5.41, 5.74) is 3.58. The van der Waals surface area contributed by atoms with Crippen molar-refractivity contribution in [3.8, 4) is 0 Å². The topological polar surface area (TPSA) is 42.2 Å². The van der Waals surface area contributed by atoms with Gasteiger partial charge in [-0.3, -0.25) is 0 Å². The molecule has 0 spiro atoms. The zero-order valence-electron chi connectivity index (χ0n) is 9.03. The smallest absolute Gasteiger partial charge is 0.352 e.